The highest BCUT2D eigenvalue weighted by molar-refractivity contribution is 4.90. The molecule has 1 aliphatic heterocycles. The van der Waals surface area contributed by atoms with Gasteiger partial charge in [0, 0.05) is 7.11 Å². The normalized spacial score (nSPS) is 45.9. The van der Waals surface area contributed by atoms with Crippen molar-refractivity contribution in [3.63, 3.8) is 0 Å². The molecule has 0 bridgehead atoms. The minimum Gasteiger partial charge on any atom is -0.381 e. The van der Waals surface area contributed by atoms with Gasteiger partial charge in [-0.1, -0.05) is 0 Å². The Labute approximate surface area is 61.9 Å². The fraction of sp³-hybridized carbons (Fsp3) is 1.00. The number of nitrogens with one attached hydrogen (secondary N) is 1. The first kappa shape index (κ1) is 6.62. The first-order chi connectivity index (χ1) is 4.90. The Kier molecular flexibility index (Phi) is 1.66. The summed E-state index contributed by atoms with van der Waals surface area (Å²) in [6.07, 6.45) is 3.14. The molecule has 0 aromatic heterocycles. The Morgan fingerprint density at radius 2 is 1.80 bits per heavy atom. The van der Waals surface area contributed by atoms with Gasteiger partial charge in [-0.05, 0) is 37.8 Å². The van der Waals surface area contributed by atoms with Gasteiger partial charge in [0.05, 0.1) is 6.10 Å². The van der Waals surface area contributed by atoms with E-state index in [0.717, 1.165) is 11.8 Å². The van der Waals surface area contributed by atoms with Crippen LogP contribution < -0.4 is 5.32 Å². The fourth-order valence-electron chi connectivity index (χ4n) is 2.30. The van der Waals surface area contributed by atoms with Gasteiger partial charge < -0.3 is 10.1 Å². The highest BCUT2D eigenvalue weighted by Crippen LogP contribution is 2.35. The van der Waals surface area contributed by atoms with E-state index in [0.29, 0.717) is 6.10 Å². The number of methoxy groups -OCH3 is 1. The molecule has 2 nitrogen and oxygen atoms in total. The van der Waals surface area contributed by atoms with Crippen LogP contribution in [-0.2, 0) is 4.74 Å². The van der Waals surface area contributed by atoms with Crippen LogP contribution in [0, 0.1) is 11.8 Å². The second kappa shape index (κ2) is 2.51. The van der Waals surface area contributed by atoms with E-state index in [1.807, 2.05) is 7.11 Å². The van der Waals surface area contributed by atoms with Crippen LogP contribution in [0.15, 0.2) is 0 Å². The Balaban J connectivity index is 1.94. The summed E-state index contributed by atoms with van der Waals surface area (Å²) in [6.45, 7) is 2.45. The number of hydrogen-bond acceptors (Lipinski definition) is 2. The van der Waals surface area contributed by atoms with Gasteiger partial charge >= 0.3 is 0 Å². The molecule has 10 heavy (non-hydrogen) atoms. The van der Waals surface area contributed by atoms with Crippen LogP contribution in [-0.4, -0.2) is 26.3 Å². The van der Waals surface area contributed by atoms with Crippen LogP contribution in [0.3, 0.4) is 0 Å². The molecule has 0 aromatic rings. The van der Waals surface area contributed by atoms with E-state index in [9.17, 15) is 0 Å². The molecule has 58 valence electrons. The van der Waals surface area contributed by atoms with Crippen molar-refractivity contribution in [2.75, 3.05) is 20.2 Å². The minimum absolute atomic E-state index is 0.567. The lowest BCUT2D eigenvalue weighted by molar-refractivity contribution is 0.102. The molecule has 2 rings (SSSR count). The number of fused-ring (bicyclic) bond motifs is 1. The molecular weight excluding hydrogens is 126 g/mol. The second-order valence-corrected chi connectivity index (χ2v) is 3.51. The summed E-state index contributed by atoms with van der Waals surface area (Å²) in [4.78, 5) is 0. The lowest BCUT2D eigenvalue weighted by Crippen LogP contribution is -2.15. The SMILES string of the molecule is COC1C[C@H]2CNC[C@H]2C1. The van der Waals surface area contributed by atoms with E-state index in [1.165, 1.54) is 25.9 Å². The largest absolute Gasteiger partial charge is 0.381 e. The summed E-state index contributed by atoms with van der Waals surface area (Å²) in [5.74, 6) is 1.84. The molecule has 2 aliphatic rings. The van der Waals surface area contributed by atoms with Crippen molar-refractivity contribution in [2.45, 2.75) is 18.9 Å². The Bertz CT molecular complexity index is 114. The number of rotatable bonds is 1. The third kappa shape index (κ3) is 0.956. The molecule has 0 amide bonds. The van der Waals surface area contributed by atoms with Crippen LogP contribution in [0.2, 0.25) is 0 Å². The molecule has 0 aromatic carbocycles. The monoisotopic (exact) mass is 141 g/mol. The second-order valence-electron chi connectivity index (χ2n) is 3.51. The first-order valence-corrected chi connectivity index (χ1v) is 4.13. The molecule has 3 atom stereocenters. The Hall–Kier alpha value is -0.0800. The van der Waals surface area contributed by atoms with E-state index in [4.69, 9.17) is 4.74 Å². The molecule has 1 saturated heterocycles. The standard InChI is InChI=1S/C8H15NO/c1-10-8-2-6-4-9-5-7(6)3-8/h6-9H,2-5H2,1H3/t6-,7+,8?. The van der Waals surface area contributed by atoms with Crippen molar-refractivity contribution in [1.82, 2.24) is 5.32 Å². The summed E-state index contributed by atoms with van der Waals surface area (Å²) >= 11 is 0. The summed E-state index contributed by atoms with van der Waals surface area (Å²) in [5, 5.41) is 3.41. The van der Waals surface area contributed by atoms with Gasteiger partial charge in [-0.2, -0.15) is 0 Å². The van der Waals surface area contributed by atoms with E-state index in [-0.39, 0.29) is 0 Å². The maximum Gasteiger partial charge on any atom is 0.0577 e. The molecule has 2 heteroatoms. The van der Waals surface area contributed by atoms with E-state index < -0.39 is 0 Å². The summed E-state index contributed by atoms with van der Waals surface area (Å²) in [7, 11) is 1.83. The lowest BCUT2D eigenvalue weighted by atomic mass is 10.0. The third-order valence-corrected chi connectivity index (χ3v) is 2.94. The van der Waals surface area contributed by atoms with Crippen molar-refractivity contribution in [3.8, 4) is 0 Å². The zero-order chi connectivity index (χ0) is 6.97. The molecule has 0 spiro atoms. The van der Waals surface area contributed by atoms with Crippen LogP contribution in [0.4, 0.5) is 0 Å². The van der Waals surface area contributed by atoms with Gasteiger partial charge in [0.25, 0.3) is 0 Å². The van der Waals surface area contributed by atoms with Gasteiger partial charge in [-0.15, -0.1) is 0 Å². The summed E-state index contributed by atoms with van der Waals surface area (Å²) < 4.78 is 5.32. The highest BCUT2D eigenvalue weighted by atomic mass is 16.5. The number of ether oxygens (including phenoxy) is 1. The van der Waals surface area contributed by atoms with Crippen molar-refractivity contribution in [1.29, 1.82) is 0 Å². The fourth-order valence-corrected chi connectivity index (χ4v) is 2.30. The smallest absolute Gasteiger partial charge is 0.0577 e. The average molecular weight is 141 g/mol. The predicted molar refractivity (Wildman–Crippen MR) is 39.9 cm³/mol. The highest BCUT2D eigenvalue weighted by Gasteiger charge is 2.36. The topological polar surface area (TPSA) is 21.3 Å². The molecule has 1 unspecified atom stereocenters. The van der Waals surface area contributed by atoms with Gasteiger partial charge in [-0.25, -0.2) is 0 Å². The van der Waals surface area contributed by atoms with E-state index >= 15 is 0 Å². The van der Waals surface area contributed by atoms with Crippen molar-refractivity contribution >= 4 is 0 Å². The van der Waals surface area contributed by atoms with Gasteiger partial charge in [-0.3, -0.25) is 0 Å². The van der Waals surface area contributed by atoms with Crippen LogP contribution >= 0.6 is 0 Å². The van der Waals surface area contributed by atoms with Gasteiger partial charge in [0.1, 0.15) is 0 Å². The van der Waals surface area contributed by atoms with Crippen LogP contribution in [0.25, 0.3) is 0 Å². The van der Waals surface area contributed by atoms with Crippen LogP contribution in [0.5, 0.6) is 0 Å². The maximum absolute atomic E-state index is 5.32. The Morgan fingerprint density at radius 3 is 2.30 bits per heavy atom. The maximum atomic E-state index is 5.32. The molecule has 1 aliphatic carbocycles. The summed E-state index contributed by atoms with van der Waals surface area (Å²) in [6, 6.07) is 0. The zero-order valence-corrected chi connectivity index (χ0v) is 6.47. The quantitative estimate of drug-likeness (QED) is 0.578. The van der Waals surface area contributed by atoms with Crippen molar-refractivity contribution in [2.24, 2.45) is 11.8 Å². The van der Waals surface area contributed by atoms with Crippen molar-refractivity contribution in [3.05, 3.63) is 0 Å². The molecule has 0 radical (unpaired) electrons. The molecule has 1 N–H and O–H groups in total. The first-order valence-electron chi connectivity index (χ1n) is 4.13. The molecule has 2 fully saturated rings. The lowest BCUT2D eigenvalue weighted by Gasteiger charge is -2.07. The Morgan fingerprint density at radius 1 is 1.20 bits per heavy atom. The van der Waals surface area contributed by atoms with E-state index in [2.05, 4.69) is 5.32 Å². The minimum atomic E-state index is 0.567. The summed E-state index contributed by atoms with van der Waals surface area (Å²) in [5.41, 5.74) is 0. The molecular formula is C8H15NO. The van der Waals surface area contributed by atoms with Gasteiger partial charge in [0.2, 0.25) is 0 Å². The van der Waals surface area contributed by atoms with E-state index in [1.54, 1.807) is 0 Å². The molecule has 1 heterocycles. The third-order valence-electron chi connectivity index (χ3n) is 2.94. The molecule has 1 saturated carbocycles. The van der Waals surface area contributed by atoms with Crippen molar-refractivity contribution < 1.29 is 4.74 Å². The zero-order valence-electron chi connectivity index (χ0n) is 6.47. The van der Waals surface area contributed by atoms with Gasteiger partial charge in [0.15, 0.2) is 0 Å². The van der Waals surface area contributed by atoms with Crippen LogP contribution in [0.1, 0.15) is 12.8 Å². The number of hydrogen-bond donors (Lipinski definition) is 1. The average Bonchev–Trinajstić information content (AvgIpc) is 2.42. The predicted octanol–water partition coefficient (Wildman–Crippen LogP) is 0.631.